The van der Waals surface area contributed by atoms with Gasteiger partial charge in [-0.2, -0.15) is 0 Å². The normalized spacial score (nSPS) is 10.6. The molecule has 0 aliphatic rings. The summed E-state index contributed by atoms with van der Waals surface area (Å²) in [5.41, 5.74) is 0.697. The molecule has 1 heterocycles. The van der Waals surface area contributed by atoms with E-state index in [1.165, 1.54) is 16.9 Å². The van der Waals surface area contributed by atoms with Crippen molar-refractivity contribution in [2.75, 3.05) is 0 Å². The highest BCUT2D eigenvalue weighted by atomic mass is 79.9. The third-order valence-electron chi connectivity index (χ3n) is 1.86. The maximum atomic E-state index is 13.5. The van der Waals surface area contributed by atoms with Gasteiger partial charge in [0, 0.05) is 4.47 Å². The minimum atomic E-state index is -0.404. The highest BCUT2D eigenvalue weighted by molar-refractivity contribution is 9.10. The van der Waals surface area contributed by atoms with Crippen LogP contribution in [0.25, 0.3) is 5.69 Å². The minimum absolute atomic E-state index is 0.210. The van der Waals surface area contributed by atoms with Crippen LogP contribution in [0.3, 0.4) is 0 Å². The molecule has 0 bridgehead atoms. The predicted octanol–water partition coefficient (Wildman–Crippen LogP) is 1.66. The fraction of sp³-hybridized carbons (Fsp3) is 0.111. The highest BCUT2D eigenvalue weighted by Crippen LogP contribution is 2.17. The second-order valence-electron chi connectivity index (χ2n) is 2.91. The van der Waals surface area contributed by atoms with E-state index in [1.54, 1.807) is 12.1 Å². The largest absolute Gasteiger partial charge is 0.390 e. The third-order valence-corrected chi connectivity index (χ3v) is 2.35. The maximum absolute atomic E-state index is 13.5. The topological polar surface area (TPSA) is 50.9 Å². The van der Waals surface area contributed by atoms with E-state index < -0.39 is 5.82 Å². The monoisotopic (exact) mass is 271 g/mol. The van der Waals surface area contributed by atoms with Crippen LogP contribution in [0.4, 0.5) is 4.39 Å². The molecule has 0 unspecified atom stereocenters. The summed E-state index contributed by atoms with van der Waals surface area (Å²) in [6, 6.07) is 4.63. The molecular weight excluding hydrogens is 265 g/mol. The van der Waals surface area contributed by atoms with Crippen LogP contribution in [0.5, 0.6) is 0 Å². The van der Waals surface area contributed by atoms with Crippen molar-refractivity contribution in [3.8, 4) is 5.69 Å². The molecule has 4 nitrogen and oxygen atoms in total. The number of rotatable bonds is 2. The molecule has 0 fully saturated rings. The van der Waals surface area contributed by atoms with Crippen molar-refractivity contribution in [1.29, 1.82) is 0 Å². The van der Waals surface area contributed by atoms with E-state index in [-0.39, 0.29) is 6.61 Å². The van der Waals surface area contributed by atoms with Crippen molar-refractivity contribution < 1.29 is 9.50 Å². The summed E-state index contributed by atoms with van der Waals surface area (Å²) in [7, 11) is 0. The van der Waals surface area contributed by atoms with Gasteiger partial charge in [0.15, 0.2) is 0 Å². The quantitative estimate of drug-likeness (QED) is 0.904. The lowest BCUT2D eigenvalue weighted by molar-refractivity contribution is 0.276. The number of halogens is 2. The molecule has 0 aliphatic carbocycles. The first kappa shape index (κ1) is 10.3. The molecule has 1 N–H and O–H groups in total. The van der Waals surface area contributed by atoms with Gasteiger partial charge in [0.25, 0.3) is 0 Å². The van der Waals surface area contributed by atoms with E-state index in [0.29, 0.717) is 15.9 Å². The molecule has 15 heavy (non-hydrogen) atoms. The Hall–Kier alpha value is -1.27. The number of benzene rings is 1. The van der Waals surface area contributed by atoms with Crippen molar-refractivity contribution in [3.63, 3.8) is 0 Å². The molecule has 0 atom stereocenters. The van der Waals surface area contributed by atoms with Crippen LogP contribution >= 0.6 is 15.9 Å². The van der Waals surface area contributed by atoms with Crippen molar-refractivity contribution >= 4 is 15.9 Å². The number of nitrogens with zero attached hydrogens (tertiary/aromatic N) is 3. The Bertz CT molecular complexity index is 486. The first-order valence-electron chi connectivity index (χ1n) is 4.18. The summed E-state index contributed by atoms with van der Waals surface area (Å²) in [5.74, 6) is -0.404. The van der Waals surface area contributed by atoms with Gasteiger partial charge >= 0.3 is 0 Å². The first-order valence-corrected chi connectivity index (χ1v) is 4.97. The van der Waals surface area contributed by atoms with Gasteiger partial charge in [0.05, 0.1) is 12.8 Å². The Balaban J connectivity index is 2.44. The fourth-order valence-electron chi connectivity index (χ4n) is 1.16. The lowest BCUT2D eigenvalue weighted by atomic mass is 10.3. The number of hydrogen-bond acceptors (Lipinski definition) is 3. The molecule has 0 aliphatic heterocycles. The molecular formula is C9H7BrFN3O. The zero-order valence-corrected chi connectivity index (χ0v) is 9.15. The van der Waals surface area contributed by atoms with Gasteiger partial charge in [-0.25, -0.2) is 9.07 Å². The lowest BCUT2D eigenvalue weighted by Gasteiger charge is -2.01. The van der Waals surface area contributed by atoms with Crippen LogP contribution < -0.4 is 0 Å². The maximum Gasteiger partial charge on any atom is 0.150 e. The Kier molecular flexibility index (Phi) is 2.79. The molecule has 0 radical (unpaired) electrons. The molecule has 78 valence electrons. The number of aliphatic hydroxyl groups excluding tert-OH is 1. The van der Waals surface area contributed by atoms with Crippen LogP contribution in [0.15, 0.2) is 28.9 Å². The standard InChI is InChI=1S/C9H7BrFN3O/c10-6-1-2-9(8(11)3-6)14-4-7(5-15)12-13-14/h1-4,15H,5H2. The van der Waals surface area contributed by atoms with Crippen LogP contribution in [-0.4, -0.2) is 20.1 Å². The summed E-state index contributed by atoms with van der Waals surface area (Å²) in [6.45, 7) is -0.210. The average Bonchev–Trinajstić information content (AvgIpc) is 2.66. The van der Waals surface area contributed by atoms with Crippen LogP contribution in [0.1, 0.15) is 5.69 Å². The summed E-state index contributed by atoms with van der Waals surface area (Å²) >= 11 is 3.16. The Morgan fingerprint density at radius 2 is 2.27 bits per heavy atom. The molecule has 2 rings (SSSR count). The van der Waals surface area contributed by atoms with E-state index in [1.807, 2.05) is 0 Å². The summed E-state index contributed by atoms with van der Waals surface area (Å²) in [5, 5.41) is 16.2. The number of aliphatic hydroxyl groups is 1. The summed E-state index contributed by atoms with van der Waals surface area (Å²) < 4.78 is 15.4. The molecule has 0 saturated heterocycles. The van der Waals surface area contributed by atoms with Gasteiger partial charge in [0.1, 0.15) is 17.2 Å². The van der Waals surface area contributed by atoms with E-state index in [9.17, 15) is 4.39 Å². The number of aromatic nitrogens is 3. The zero-order chi connectivity index (χ0) is 10.8. The Morgan fingerprint density at radius 3 is 2.87 bits per heavy atom. The van der Waals surface area contributed by atoms with Crippen molar-refractivity contribution in [1.82, 2.24) is 15.0 Å². The SMILES string of the molecule is OCc1cn(-c2ccc(Br)cc2F)nn1. The van der Waals surface area contributed by atoms with E-state index >= 15 is 0 Å². The fourth-order valence-corrected chi connectivity index (χ4v) is 1.49. The van der Waals surface area contributed by atoms with E-state index in [4.69, 9.17) is 5.11 Å². The zero-order valence-electron chi connectivity index (χ0n) is 7.56. The van der Waals surface area contributed by atoms with Gasteiger partial charge < -0.3 is 5.11 Å². The van der Waals surface area contributed by atoms with Crippen molar-refractivity contribution in [3.05, 3.63) is 40.4 Å². The molecule has 1 aromatic heterocycles. The Labute approximate surface area is 93.5 Å². The summed E-state index contributed by atoms with van der Waals surface area (Å²) in [6.07, 6.45) is 1.48. The summed E-state index contributed by atoms with van der Waals surface area (Å²) in [4.78, 5) is 0. The minimum Gasteiger partial charge on any atom is -0.390 e. The second-order valence-corrected chi connectivity index (χ2v) is 3.82. The molecule has 0 saturated carbocycles. The van der Waals surface area contributed by atoms with E-state index in [0.717, 1.165) is 0 Å². The predicted molar refractivity (Wildman–Crippen MR) is 54.9 cm³/mol. The molecule has 2 aromatic rings. The smallest absolute Gasteiger partial charge is 0.150 e. The van der Waals surface area contributed by atoms with Crippen LogP contribution in [-0.2, 0) is 6.61 Å². The molecule has 6 heteroatoms. The Morgan fingerprint density at radius 1 is 1.47 bits per heavy atom. The van der Waals surface area contributed by atoms with Gasteiger partial charge in [0.2, 0.25) is 0 Å². The van der Waals surface area contributed by atoms with Crippen molar-refractivity contribution in [2.45, 2.75) is 6.61 Å². The molecule has 0 amide bonds. The van der Waals surface area contributed by atoms with Crippen molar-refractivity contribution in [2.24, 2.45) is 0 Å². The highest BCUT2D eigenvalue weighted by Gasteiger charge is 2.07. The van der Waals surface area contributed by atoms with E-state index in [2.05, 4.69) is 26.2 Å². The number of hydrogen-bond donors (Lipinski definition) is 1. The van der Waals surface area contributed by atoms with Gasteiger partial charge in [-0.3, -0.25) is 0 Å². The second kappa shape index (κ2) is 4.08. The van der Waals surface area contributed by atoms with Gasteiger partial charge in [-0.1, -0.05) is 21.1 Å². The molecule has 1 aromatic carbocycles. The van der Waals surface area contributed by atoms with Crippen LogP contribution in [0.2, 0.25) is 0 Å². The third kappa shape index (κ3) is 2.05. The first-order chi connectivity index (χ1) is 7.20. The van der Waals surface area contributed by atoms with Gasteiger partial charge in [-0.05, 0) is 18.2 Å². The van der Waals surface area contributed by atoms with Gasteiger partial charge in [-0.15, -0.1) is 5.10 Å². The average molecular weight is 272 g/mol. The molecule has 0 spiro atoms. The lowest BCUT2D eigenvalue weighted by Crippen LogP contribution is -1.98. The van der Waals surface area contributed by atoms with Crippen LogP contribution in [0, 0.1) is 5.82 Å².